The van der Waals surface area contributed by atoms with Gasteiger partial charge in [0.25, 0.3) is 0 Å². The predicted octanol–water partition coefficient (Wildman–Crippen LogP) is 4.12. The minimum Gasteiger partial charge on any atom is -0.476 e. The van der Waals surface area contributed by atoms with Gasteiger partial charge < -0.3 is 5.11 Å². The Morgan fingerprint density at radius 2 is 1.75 bits per heavy atom. The Hall–Kier alpha value is -1.04. The molecule has 0 aliphatic carbocycles. The molecule has 0 fully saturated rings. The van der Waals surface area contributed by atoms with Crippen LogP contribution in [0.3, 0.4) is 0 Å². The summed E-state index contributed by atoms with van der Waals surface area (Å²) in [5.74, 6) is -1.01. The summed E-state index contributed by atoms with van der Waals surface area (Å²) in [6, 6.07) is 0. The highest BCUT2D eigenvalue weighted by molar-refractivity contribution is 7.99. The molecule has 0 amide bonds. The number of hydrogen-bond donors (Lipinski definition) is 2. The van der Waals surface area contributed by atoms with Crippen molar-refractivity contribution in [2.75, 3.05) is 0 Å². The largest absolute Gasteiger partial charge is 0.476 e. The number of rotatable bonds is 11. The van der Waals surface area contributed by atoms with Gasteiger partial charge in [-0.3, -0.25) is 0 Å². The van der Waals surface area contributed by atoms with E-state index >= 15 is 0 Å². The molecule has 0 radical (unpaired) electrons. The van der Waals surface area contributed by atoms with E-state index in [2.05, 4.69) is 29.3 Å². The van der Waals surface area contributed by atoms with E-state index in [0.29, 0.717) is 10.3 Å². The Kier molecular flexibility index (Phi) is 8.34. The molecule has 1 rings (SSSR count). The number of H-pyrrole nitrogens is 1. The highest BCUT2D eigenvalue weighted by atomic mass is 32.2. The average molecular weight is 299 g/mol. The maximum Gasteiger partial charge on any atom is 0.359 e. The molecule has 0 aromatic carbocycles. The SMILES string of the molecule is CCCCCC(CCCCC)Sc1n[nH]nc1C(=O)O. The van der Waals surface area contributed by atoms with Crippen LogP contribution in [0, 0.1) is 0 Å². The molecule has 0 spiro atoms. The zero-order valence-electron chi connectivity index (χ0n) is 12.4. The molecule has 0 atom stereocenters. The topological polar surface area (TPSA) is 78.9 Å². The number of carboxylic acid groups (broad SMARTS) is 1. The molecule has 114 valence electrons. The molecule has 0 saturated heterocycles. The number of nitrogens with one attached hydrogen (secondary N) is 1. The van der Waals surface area contributed by atoms with Crippen molar-refractivity contribution in [3.05, 3.63) is 5.69 Å². The molecular weight excluding hydrogens is 274 g/mol. The number of aromatic carboxylic acids is 1. The summed E-state index contributed by atoms with van der Waals surface area (Å²) in [5, 5.41) is 20.1. The number of carbonyl (C=O) groups is 1. The first-order valence-electron chi connectivity index (χ1n) is 7.49. The Morgan fingerprint density at radius 3 is 2.25 bits per heavy atom. The van der Waals surface area contributed by atoms with E-state index in [1.807, 2.05) is 0 Å². The molecule has 0 aliphatic heterocycles. The third-order valence-electron chi connectivity index (χ3n) is 3.26. The van der Waals surface area contributed by atoms with Crippen LogP contribution in [-0.4, -0.2) is 31.7 Å². The third kappa shape index (κ3) is 5.94. The van der Waals surface area contributed by atoms with E-state index in [9.17, 15) is 4.79 Å². The number of thioether (sulfide) groups is 1. The van der Waals surface area contributed by atoms with Crippen molar-refractivity contribution in [2.45, 2.75) is 75.5 Å². The van der Waals surface area contributed by atoms with Crippen LogP contribution in [0.4, 0.5) is 0 Å². The number of aromatic nitrogens is 3. The van der Waals surface area contributed by atoms with Gasteiger partial charge in [-0.15, -0.1) is 10.2 Å². The average Bonchev–Trinajstić information content (AvgIpc) is 2.87. The van der Waals surface area contributed by atoms with Crippen LogP contribution in [-0.2, 0) is 0 Å². The van der Waals surface area contributed by atoms with E-state index in [4.69, 9.17) is 5.11 Å². The molecule has 0 bridgehead atoms. The Morgan fingerprint density at radius 1 is 1.15 bits per heavy atom. The van der Waals surface area contributed by atoms with Gasteiger partial charge in [-0.05, 0) is 12.8 Å². The van der Waals surface area contributed by atoms with E-state index in [-0.39, 0.29) is 5.69 Å². The van der Waals surface area contributed by atoms with Crippen LogP contribution in [0.25, 0.3) is 0 Å². The number of unbranched alkanes of at least 4 members (excludes halogenated alkanes) is 4. The number of hydrogen-bond acceptors (Lipinski definition) is 4. The molecule has 1 aromatic heterocycles. The summed E-state index contributed by atoms with van der Waals surface area (Å²) in [6.45, 7) is 4.39. The van der Waals surface area contributed by atoms with Crippen molar-refractivity contribution in [2.24, 2.45) is 0 Å². The van der Waals surface area contributed by atoms with Gasteiger partial charge in [0, 0.05) is 5.25 Å². The first-order valence-corrected chi connectivity index (χ1v) is 8.37. The van der Waals surface area contributed by atoms with Gasteiger partial charge in [0.05, 0.1) is 0 Å². The summed E-state index contributed by atoms with van der Waals surface area (Å²) in [4.78, 5) is 11.0. The molecule has 0 aliphatic rings. The van der Waals surface area contributed by atoms with Crippen LogP contribution in [0.5, 0.6) is 0 Å². The molecule has 5 nitrogen and oxygen atoms in total. The van der Waals surface area contributed by atoms with Crippen LogP contribution < -0.4 is 0 Å². The predicted molar refractivity (Wildman–Crippen MR) is 81.3 cm³/mol. The minimum absolute atomic E-state index is 0.0472. The molecular formula is C14H25N3O2S. The fourth-order valence-corrected chi connectivity index (χ4v) is 3.33. The van der Waals surface area contributed by atoms with Gasteiger partial charge in [-0.25, -0.2) is 4.79 Å². The lowest BCUT2D eigenvalue weighted by Crippen LogP contribution is -2.06. The first kappa shape index (κ1) is 17.0. The van der Waals surface area contributed by atoms with E-state index in [0.717, 1.165) is 12.8 Å². The second-order valence-corrected chi connectivity index (χ2v) is 6.30. The van der Waals surface area contributed by atoms with Gasteiger partial charge in [-0.2, -0.15) is 5.21 Å². The van der Waals surface area contributed by atoms with Gasteiger partial charge in [-0.1, -0.05) is 64.1 Å². The monoisotopic (exact) mass is 299 g/mol. The van der Waals surface area contributed by atoms with Crippen molar-refractivity contribution < 1.29 is 9.90 Å². The van der Waals surface area contributed by atoms with Crippen molar-refractivity contribution in [1.82, 2.24) is 15.4 Å². The fraction of sp³-hybridized carbons (Fsp3) is 0.786. The van der Waals surface area contributed by atoms with Crippen LogP contribution in [0.2, 0.25) is 0 Å². The lowest BCUT2D eigenvalue weighted by molar-refractivity contribution is 0.0686. The summed E-state index contributed by atoms with van der Waals surface area (Å²) in [7, 11) is 0. The fourth-order valence-electron chi connectivity index (χ4n) is 2.11. The van der Waals surface area contributed by atoms with Gasteiger partial charge in [0.15, 0.2) is 5.03 Å². The van der Waals surface area contributed by atoms with Crippen molar-refractivity contribution >= 4 is 17.7 Å². The van der Waals surface area contributed by atoms with E-state index < -0.39 is 5.97 Å². The number of aromatic amines is 1. The number of nitrogens with zero attached hydrogens (tertiary/aromatic N) is 2. The van der Waals surface area contributed by atoms with Crippen LogP contribution >= 0.6 is 11.8 Å². The van der Waals surface area contributed by atoms with Crippen LogP contribution in [0.15, 0.2) is 5.03 Å². The second kappa shape index (κ2) is 9.80. The number of carboxylic acids is 1. The lowest BCUT2D eigenvalue weighted by atomic mass is 10.1. The van der Waals surface area contributed by atoms with E-state index in [1.165, 1.54) is 38.5 Å². The highest BCUT2D eigenvalue weighted by Gasteiger charge is 2.19. The summed E-state index contributed by atoms with van der Waals surface area (Å²) >= 11 is 1.57. The molecule has 0 saturated carbocycles. The lowest BCUT2D eigenvalue weighted by Gasteiger charge is -2.15. The van der Waals surface area contributed by atoms with Gasteiger partial charge in [0.1, 0.15) is 0 Å². The standard InChI is InChI=1S/C14H25N3O2S/c1-3-5-7-9-11(10-8-6-4-2)20-13-12(14(18)19)15-17-16-13/h11H,3-10H2,1-2H3,(H,18,19)(H,15,16,17). The quantitative estimate of drug-likeness (QED) is 0.474. The summed E-state index contributed by atoms with van der Waals surface area (Å²) in [6.07, 6.45) is 9.50. The zero-order valence-corrected chi connectivity index (χ0v) is 13.2. The third-order valence-corrected chi connectivity index (χ3v) is 4.57. The Balaban J connectivity index is 2.57. The van der Waals surface area contributed by atoms with Gasteiger partial charge in [0.2, 0.25) is 5.69 Å². The molecule has 0 unspecified atom stereocenters. The molecule has 6 heteroatoms. The Labute approximate surface area is 124 Å². The maximum atomic E-state index is 11.0. The molecule has 20 heavy (non-hydrogen) atoms. The van der Waals surface area contributed by atoms with Crippen molar-refractivity contribution in [3.8, 4) is 0 Å². The first-order chi connectivity index (χ1) is 9.69. The zero-order chi connectivity index (χ0) is 14.8. The van der Waals surface area contributed by atoms with Crippen molar-refractivity contribution in [3.63, 3.8) is 0 Å². The van der Waals surface area contributed by atoms with Crippen LogP contribution in [0.1, 0.15) is 75.7 Å². The molecule has 1 aromatic rings. The smallest absolute Gasteiger partial charge is 0.359 e. The normalized spacial score (nSPS) is 11.2. The van der Waals surface area contributed by atoms with Crippen molar-refractivity contribution in [1.29, 1.82) is 0 Å². The molecule has 2 N–H and O–H groups in total. The summed E-state index contributed by atoms with van der Waals surface area (Å²) < 4.78 is 0. The minimum atomic E-state index is -1.01. The van der Waals surface area contributed by atoms with E-state index in [1.54, 1.807) is 11.8 Å². The summed E-state index contributed by atoms with van der Waals surface area (Å²) in [5.41, 5.74) is 0.0472. The Bertz CT molecular complexity index is 386. The van der Waals surface area contributed by atoms with Gasteiger partial charge >= 0.3 is 5.97 Å². The second-order valence-electron chi connectivity index (χ2n) is 5.01. The highest BCUT2D eigenvalue weighted by Crippen LogP contribution is 2.30. The molecule has 1 heterocycles. The maximum absolute atomic E-state index is 11.0.